The summed E-state index contributed by atoms with van der Waals surface area (Å²) in [5, 5.41) is 76.5. The summed E-state index contributed by atoms with van der Waals surface area (Å²) < 4.78 is 47.5. The minimum atomic E-state index is -1.61. The number of carbonyl (C=O) groups excluding carboxylic acids is 3. The van der Waals surface area contributed by atoms with E-state index < -0.39 is 144 Å². The molecule has 72 heavy (non-hydrogen) atoms. The number of ether oxygens (including phenoxy) is 8. The number of aromatic hydroxyl groups is 2. The number of allylic oxidation sites excluding steroid dienone is 4. The van der Waals surface area contributed by atoms with Crippen LogP contribution in [0.15, 0.2) is 58.7 Å². The van der Waals surface area contributed by atoms with Gasteiger partial charge >= 0.3 is 17.9 Å². The summed E-state index contributed by atoms with van der Waals surface area (Å²) in [5.74, 6) is -4.78. The first kappa shape index (κ1) is 60.7. The topological polar surface area (TPSA) is 267 Å². The molecule has 4 rings (SSSR count). The van der Waals surface area contributed by atoms with E-state index in [9.17, 15) is 50.1 Å². The Bertz CT molecular complexity index is 2220. The van der Waals surface area contributed by atoms with E-state index in [0.29, 0.717) is 23.1 Å². The third-order valence-corrected chi connectivity index (χ3v) is 13.8. The lowest BCUT2D eigenvalue weighted by atomic mass is 9.88. The Kier molecular flexibility index (Phi) is 22.4. The fourth-order valence-corrected chi connectivity index (χ4v) is 9.16. The molecule has 2 fully saturated rings. The Hall–Kier alpha value is -3.89. The molecular weight excluding hydrogens is 983 g/mol. The van der Waals surface area contributed by atoms with Crippen molar-refractivity contribution in [3.8, 4) is 11.5 Å². The van der Waals surface area contributed by atoms with Crippen LogP contribution in [-0.2, 0) is 53.9 Å². The lowest BCUT2D eigenvalue weighted by molar-refractivity contribution is -0.333. The van der Waals surface area contributed by atoms with Gasteiger partial charge in [0.25, 0.3) is 0 Å². The molecule has 0 aromatic heterocycles. The number of phenols is 2. The van der Waals surface area contributed by atoms with Crippen LogP contribution < -0.4 is 0 Å². The number of rotatable bonds is 13. The molecule has 1 aromatic rings. The van der Waals surface area contributed by atoms with Crippen molar-refractivity contribution in [3.63, 3.8) is 0 Å². The molecule has 18 nitrogen and oxygen atoms in total. The normalized spacial score (nSPS) is 34.1. The quantitative estimate of drug-likeness (QED) is 0.0655. The zero-order chi connectivity index (χ0) is 54.1. The number of hydrogen-bond acceptors (Lipinski definition) is 18. The number of aliphatic hydroxyl groups excluding tert-OH is 5. The smallest absolute Gasteiger partial charge is 0.342 e. The largest absolute Gasteiger partial charge is 0.505 e. The van der Waals surface area contributed by atoms with Gasteiger partial charge in [-0.1, -0.05) is 86.9 Å². The summed E-state index contributed by atoms with van der Waals surface area (Å²) in [6.07, 6.45) is -5.45. The number of halogens is 2. The molecule has 1 unspecified atom stereocenters. The number of methoxy groups -OCH3 is 1. The number of cyclic esters (lactones) is 1. The maximum Gasteiger partial charge on any atom is 0.342 e. The predicted molar refractivity (Wildman–Crippen MR) is 265 cm³/mol. The van der Waals surface area contributed by atoms with Crippen LogP contribution in [0.2, 0.25) is 10.0 Å². The van der Waals surface area contributed by atoms with Crippen LogP contribution in [0.3, 0.4) is 0 Å². The molecule has 7 N–H and O–H groups in total. The Morgan fingerprint density at radius 1 is 0.903 bits per heavy atom. The lowest BCUT2D eigenvalue weighted by Crippen LogP contribution is -2.64. The Morgan fingerprint density at radius 2 is 1.57 bits per heavy atom. The highest BCUT2D eigenvalue weighted by molar-refractivity contribution is 6.39. The van der Waals surface area contributed by atoms with Crippen LogP contribution in [0.25, 0.3) is 0 Å². The lowest BCUT2D eigenvalue weighted by Gasteiger charge is -2.47. The van der Waals surface area contributed by atoms with Gasteiger partial charge in [-0.2, -0.15) is 0 Å². The molecule has 0 aliphatic carbocycles. The average molecular weight is 1060 g/mol. The maximum absolute atomic E-state index is 13.9. The molecule has 3 aliphatic rings. The van der Waals surface area contributed by atoms with Gasteiger partial charge in [-0.3, -0.25) is 4.79 Å². The van der Waals surface area contributed by atoms with Crippen molar-refractivity contribution in [2.75, 3.05) is 13.7 Å². The van der Waals surface area contributed by atoms with E-state index >= 15 is 0 Å². The van der Waals surface area contributed by atoms with E-state index in [0.717, 1.165) is 0 Å². The van der Waals surface area contributed by atoms with Crippen LogP contribution >= 0.6 is 23.2 Å². The van der Waals surface area contributed by atoms with Crippen LogP contribution in [-0.4, -0.2) is 153 Å². The number of benzene rings is 1. The van der Waals surface area contributed by atoms with E-state index in [1.165, 1.54) is 33.1 Å². The number of carbonyl (C=O) groups is 3. The molecule has 1 aromatic carbocycles. The second-order valence-corrected chi connectivity index (χ2v) is 20.1. The van der Waals surface area contributed by atoms with Crippen molar-refractivity contribution in [1.29, 1.82) is 0 Å². The van der Waals surface area contributed by atoms with Crippen LogP contribution in [0.5, 0.6) is 11.5 Å². The first-order valence-electron chi connectivity index (χ1n) is 24.2. The molecular formula is C52H74Cl2O18. The molecule has 0 spiro atoms. The number of aliphatic hydroxyl groups is 5. The number of hydrogen-bond donors (Lipinski definition) is 7. The molecule has 3 heterocycles. The van der Waals surface area contributed by atoms with Gasteiger partial charge in [0.2, 0.25) is 0 Å². The van der Waals surface area contributed by atoms with Gasteiger partial charge in [0.05, 0.1) is 47.5 Å². The standard InChI is InChI=1S/C52H74Cl2O18/c1-13-30-22-26(6)33(56)18-16-15-17-31(23-66-51-45(65-12)42(61)44(29(9)67-51)69-49(64)35-32(14-2)36(53)39(58)37(54)38(35)57)48(63)68-34(28(8)55)20-19-25(5)21-27(7)43(30)70-50-41(60)40(59)46(52(10,11)72-50)71-47(62)24(3)4/h15-17,19,21-22,24,28-30,33-34,40-46,50-51,55-61H,13-14,18,20,23H2,1-12H3/b16-15+,25-19?,26-22+,27-21+,31-17+/t28?,29-,30-,33-,34-,40+,41-,42+,43-,44-,45+,46-,50+,51-/m0/s1. The molecule has 2 saturated heterocycles. The molecule has 0 saturated carbocycles. The number of esters is 3. The maximum atomic E-state index is 13.9. The van der Waals surface area contributed by atoms with E-state index in [2.05, 4.69) is 0 Å². The number of phenolic OH excluding ortho intramolecular Hbond substituents is 2. The van der Waals surface area contributed by atoms with Crippen LogP contribution in [0, 0.1) is 11.8 Å². The SMILES string of the molecule is CCc1c(Cl)c(O)c(Cl)c(O)c1C(=O)O[C@@H]1[C@@H](O)[C@@H](OC)[C@@H](OC/C2=C\C=C\C[C@H](O)/C(C)=C/[C@H](CC)[C@@H](O[C@@H]3OC(C)(C)[C@@H](OC(=O)C(C)C)[C@H](O)[C@@H]3O)/C(C)=C/C(C)=CC[C@@H](C(C)O)OC2=O)O[C@H]1C. The Morgan fingerprint density at radius 3 is 2.17 bits per heavy atom. The van der Waals surface area contributed by atoms with Gasteiger partial charge < -0.3 is 73.6 Å². The van der Waals surface area contributed by atoms with Gasteiger partial charge in [0.15, 0.2) is 36.3 Å². The van der Waals surface area contributed by atoms with Gasteiger partial charge in [-0.05, 0) is 90.5 Å². The highest BCUT2D eigenvalue weighted by atomic mass is 35.5. The third kappa shape index (κ3) is 14.7. The molecule has 0 radical (unpaired) electrons. The molecule has 404 valence electrons. The minimum absolute atomic E-state index is 0.0372. The molecule has 14 atom stereocenters. The summed E-state index contributed by atoms with van der Waals surface area (Å²) >= 11 is 12.3. The van der Waals surface area contributed by atoms with Crippen LogP contribution in [0.1, 0.15) is 111 Å². The minimum Gasteiger partial charge on any atom is -0.505 e. The molecule has 0 amide bonds. The van der Waals surface area contributed by atoms with Crippen molar-refractivity contribution < 1.29 is 88.0 Å². The van der Waals surface area contributed by atoms with Gasteiger partial charge in [-0.15, -0.1) is 0 Å². The van der Waals surface area contributed by atoms with E-state index in [4.69, 9.17) is 61.1 Å². The zero-order valence-corrected chi connectivity index (χ0v) is 44.5. The van der Waals surface area contributed by atoms with E-state index in [1.54, 1.807) is 53.7 Å². The predicted octanol–water partition coefficient (Wildman–Crippen LogP) is 6.23. The summed E-state index contributed by atoms with van der Waals surface area (Å²) in [6.45, 7) is 18.1. The van der Waals surface area contributed by atoms with Crippen molar-refractivity contribution in [3.05, 3.63) is 79.9 Å². The summed E-state index contributed by atoms with van der Waals surface area (Å²) in [7, 11) is 1.26. The van der Waals surface area contributed by atoms with Crippen molar-refractivity contribution in [2.24, 2.45) is 11.8 Å². The highest BCUT2D eigenvalue weighted by Crippen LogP contribution is 2.45. The molecule has 0 bridgehead atoms. The highest BCUT2D eigenvalue weighted by Gasteiger charge is 2.53. The second-order valence-electron chi connectivity index (χ2n) is 19.4. The fourth-order valence-electron chi connectivity index (χ4n) is 8.60. The van der Waals surface area contributed by atoms with Crippen LogP contribution in [0.4, 0.5) is 0 Å². The van der Waals surface area contributed by atoms with E-state index in [-0.39, 0.29) is 35.4 Å². The Labute approximate surface area is 431 Å². The first-order chi connectivity index (χ1) is 33.7. The molecule has 20 heteroatoms. The first-order valence-corrected chi connectivity index (χ1v) is 24.9. The van der Waals surface area contributed by atoms with Gasteiger partial charge in [0, 0.05) is 19.4 Å². The summed E-state index contributed by atoms with van der Waals surface area (Å²) in [6, 6.07) is 0. The third-order valence-electron chi connectivity index (χ3n) is 13.0. The zero-order valence-electron chi connectivity index (χ0n) is 43.0. The average Bonchev–Trinajstić information content (AvgIpc) is 3.32. The second kappa shape index (κ2) is 26.5. The summed E-state index contributed by atoms with van der Waals surface area (Å²) in [4.78, 5) is 40.0. The van der Waals surface area contributed by atoms with E-state index in [1.807, 2.05) is 32.9 Å². The van der Waals surface area contributed by atoms with Gasteiger partial charge in [-0.25, -0.2) is 9.59 Å². The molecule has 3 aliphatic heterocycles. The van der Waals surface area contributed by atoms with Crippen molar-refractivity contribution in [1.82, 2.24) is 0 Å². The van der Waals surface area contributed by atoms with Gasteiger partial charge in [0.1, 0.15) is 46.7 Å². The monoisotopic (exact) mass is 1060 g/mol. The fraction of sp³-hybridized carbons (Fsp3) is 0.635. The summed E-state index contributed by atoms with van der Waals surface area (Å²) in [5.41, 5.74) is 0.318. The Balaban J connectivity index is 1.61. The van der Waals surface area contributed by atoms with Crippen molar-refractivity contribution >= 4 is 41.1 Å². The van der Waals surface area contributed by atoms with Crippen molar-refractivity contribution in [2.45, 2.75) is 187 Å².